The van der Waals surface area contributed by atoms with Crippen molar-refractivity contribution in [2.45, 2.75) is 36.8 Å². The summed E-state index contributed by atoms with van der Waals surface area (Å²) in [4.78, 5) is 26.0. The van der Waals surface area contributed by atoms with Gasteiger partial charge in [-0.15, -0.1) is 0 Å². The zero-order chi connectivity index (χ0) is 13.3. The van der Waals surface area contributed by atoms with E-state index in [1.54, 1.807) is 11.8 Å². The maximum Gasteiger partial charge on any atom is 0.325 e. The second kappa shape index (κ2) is 5.17. The van der Waals surface area contributed by atoms with Crippen LogP contribution in [0.3, 0.4) is 0 Å². The first-order valence-electron chi connectivity index (χ1n) is 5.84. The third-order valence-electron chi connectivity index (χ3n) is 3.21. The Labute approximate surface area is 108 Å². The highest BCUT2D eigenvalue weighted by atomic mass is 32.2. The Morgan fingerprint density at radius 3 is 3.00 bits per heavy atom. The number of nitrogens with zero attached hydrogens (tertiary/aromatic N) is 1. The zero-order valence-corrected chi connectivity index (χ0v) is 10.9. The van der Waals surface area contributed by atoms with Crippen LogP contribution in [0.2, 0.25) is 0 Å². The zero-order valence-electron chi connectivity index (χ0n) is 10.1. The van der Waals surface area contributed by atoms with Gasteiger partial charge in [0, 0.05) is 17.5 Å². The minimum atomic E-state index is -0.474. The molecule has 0 saturated heterocycles. The predicted molar refractivity (Wildman–Crippen MR) is 68.3 cm³/mol. The number of imidazole rings is 1. The highest BCUT2D eigenvalue weighted by Gasteiger charge is 2.34. The average molecular weight is 273 g/mol. The molecule has 0 radical (unpaired) electrons. The molecule has 5 nitrogen and oxygen atoms in total. The molecule has 0 aliphatic carbocycles. The molecule has 1 aromatic heterocycles. The van der Waals surface area contributed by atoms with E-state index < -0.39 is 18.5 Å². The van der Waals surface area contributed by atoms with Crippen molar-refractivity contribution in [1.82, 2.24) is 9.55 Å². The van der Waals surface area contributed by atoms with Gasteiger partial charge >= 0.3 is 5.69 Å². The van der Waals surface area contributed by atoms with Gasteiger partial charge in [-0.1, -0.05) is 6.92 Å². The van der Waals surface area contributed by atoms with Crippen LogP contribution < -0.4 is 11.4 Å². The molecular weight excluding hydrogens is 257 g/mol. The molecule has 2 rings (SSSR count). The fraction of sp³-hybridized carbons (Fsp3) is 0.636. The van der Waals surface area contributed by atoms with Crippen LogP contribution in [0.25, 0.3) is 0 Å². The maximum absolute atomic E-state index is 12.2. The third kappa shape index (κ3) is 2.19. The molecule has 18 heavy (non-hydrogen) atoms. The quantitative estimate of drug-likeness (QED) is 0.849. The molecule has 7 heteroatoms. The van der Waals surface area contributed by atoms with E-state index in [0.29, 0.717) is 24.4 Å². The number of hydrogen-bond acceptors (Lipinski definition) is 3. The number of aromatic amines is 1. The number of H-pyrrole nitrogens is 1. The molecule has 1 aromatic rings. The Kier molecular flexibility index (Phi) is 3.79. The first kappa shape index (κ1) is 13.2. The summed E-state index contributed by atoms with van der Waals surface area (Å²) in [6.07, 6.45) is 0.297. The summed E-state index contributed by atoms with van der Waals surface area (Å²) < 4.78 is 13.7. The molecule has 0 aromatic carbocycles. The van der Waals surface area contributed by atoms with Crippen LogP contribution in [0.15, 0.2) is 4.79 Å². The molecule has 100 valence electrons. The summed E-state index contributed by atoms with van der Waals surface area (Å²) in [5, 5.41) is 0.0441. The van der Waals surface area contributed by atoms with Crippen LogP contribution in [0.4, 0.5) is 4.39 Å². The molecule has 2 heterocycles. The van der Waals surface area contributed by atoms with Crippen LogP contribution in [0.5, 0.6) is 0 Å². The van der Waals surface area contributed by atoms with Crippen LogP contribution >= 0.6 is 11.8 Å². The van der Waals surface area contributed by atoms with Crippen molar-refractivity contribution in [2.24, 2.45) is 5.73 Å². The number of fused-ring (bicyclic) bond motifs is 1. The number of halogens is 1. The molecule has 1 aliphatic heterocycles. The average Bonchev–Trinajstić information content (AvgIpc) is 2.61. The molecule has 0 spiro atoms. The summed E-state index contributed by atoms with van der Waals surface area (Å²) in [5.74, 6) is -0.265. The third-order valence-corrected chi connectivity index (χ3v) is 4.45. The topological polar surface area (TPSA) is 80.9 Å². The molecular formula is C11H16FN3O2S. The van der Waals surface area contributed by atoms with E-state index in [4.69, 9.17) is 5.73 Å². The Balaban J connectivity index is 2.42. The van der Waals surface area contributed by atoms with Gasteiger partial charge in [0.25, 0.3) is 0 Å². The lowest BCUT2D eigenvalue weighted by atomic mass is 9.99. The largest absolute Gasteiger partial charge is 0.369 e. The molecule has 2 atom stereocenters. The minimum Gasteiger partial charge on any atom is -0.369 e. The summed E-state index contributed by atoms with van der Waals surface area (Å²) in [5.41, 5.74) is 6.49. The molecule has 3 N–H and O–H groups in total. The van der Waals surface area contributed by atoms with Crippen molar-refractivity contribution in [2.75, 3.05) is 6.67 Å². The van der Waals surface area contributed by atoms with Crippen molar-refractivity contribution in [3.63, 3.8) is 0 Å². The summed E-state index contributed by atoms with van der Waals surface area (Å²) in [7, 11) is 0. The molecule has 0 bridgehead atoms. The van der Waals surface area contributed by atoms with Crippen molar-refractivity contribution in [3.8, 4) is 0 Å². The smallest absolute Gasteiger partial charge is 0.325 e. The van der Waals surface area contributed by atoms with Gasteiger partial charge < -0.3 is 10.7 Å². The van der Waals surface area contributed by atoms with Gasteiger partial charge in [0.15, 0.2) is 0 Å². The van der Waals surface area contributed by atoms with Crippen molar-refractivity contribution >= 4 is 17.7 Å². The minimum absolute atomic E-state index is 0.0441. The monoisotopic (exact) mass is 273 g/mol. The van der Waals surface area contributed by atoms with Crippen LogP contribution in [-0.2, 0) is 17.1 Å². The van der Waals surface area contributed by atoms with Gasteiger partial charge in [0.05, 0.1) is 24.0 Å². The van der Waals surface area contributed by atoms with Crippen LogP contribution in [-0.4, -0.2) is 27.4 Å². The number of carbonyl (C=O) groups excluding carboxylic acids is 1. The Hall–Kier alpha value is -1.24. The van der Waals surface area contributed by atoms with Crippen molar-refractivity contribution in [1.29, 1.82) is 0 Å². The number of alkyl halides is 1. The highest BCUT2D eigenvalue weighted by Crippen LogP contribution is 2.37. The van der Waals surface area contributed by atoms with E-state index in [-0.39, 0.29) is 10.9 Å². The standard InChI is InChI=1S/C11H16FN3O2S/c1-6-8(10(13)16)9-7(5-18-6)15(4-2-3-12)11(17)14-9/h6,8H,2-5H2,1H3,(H2,13,16)(H,14,17). The second-order valence-corrected chi connectivity index (χ2v) is 5.75. The first-order chi connectivity index (χ1) is 8.56. The molecule has 0 saturated carbocycles. The number of amides is 1. The number of rotatable bonds is 4. The molecule has 0 fully saturated rings. The summed E-state index contributed by atoms with van der Waals surface area (Å²) in [6, 6.07) is 0. The van der Waals surface area contributed by atoms with E-state index in [0.717, 1.165) is 5.69 Å². The van der Waals surface area contributed by atoms with E-state index in [9.17, 15) is 14.0 Å². The normalized spacial score (nSPS) is 22.8. The van der Waals surface area contributed by atoms with Gasteiger partial charge in [-0.2, -0.15) is 11.8 Å². The molecule has 1 amide bonds. The fourth-order valence-corrected chi connectivity index (χ4v) is 3.50. The van der Waals surface area contributed by atoms with Gasteiger partial charge in [-0.3, -0.25) is 13.8 Å². The lowest BCUT2D eigenvalue weighted by Gasteiger charge is -2.26. The summed E-state index contributed by atoms with van der Waals surface area (Å²) >= 11 is 1.58. The van der Waals surface area contributed by atoms with Crippen molar-refractivity contribution < 1.29 is 9.18 Å². The lowest BCUT2D eigenvalue weighted by Crippen LogP contribution is -2.32. The van der Waals surface area contributed by atoms with Gasteiger partial charge in [0.2, 0.25) is 5.91 Å². The van der Waals surface area contributed by atoms with Gasteiger partial charge in [-0.05, 0) is 6.42 Å². The Morgan fingerprint density at radius 2 is 2.39 bits per heavy atom. The molecule has 1 aliphatic rings. The van der Waals surface area contributed by atoms with Crippen LogP contribution in [0.1, 0.15) is 30.7 Å². The van der Waals surface area contributed by atoms with E-state index in [1.165, 1.54) is 4.57 Å². The SMILES string of the molecule is CC1SCc2c([nH]c(=O)n2CCCF)C1C(N)=O. The van der Waals surface area contributed by atoms with E-state index >= 15 is 0 Å². The van der Waals surface area contributed by atoms with Gasteiger partial charge in [-0.25, -0.2) is 4.79 Å². The number of nitrogens with one attached hydrogen (secondary N) is 1. The Morgan fingerprint density at radius 1 is 1.67 bits per heavy atom. The van der Waals surface area contributed by atoms with E-state index in [1.807, 2.05) is 6.92 Å². The number of aromatic nitrogens is 2. The van der Waals surface area contributed by atoms with E-state index in [2.05, 4.69) is 4.98 Å². The predicted octanol–water partition coefficient (Wildman–Crippen LogP) is 0.740. The van der Waals surface area contributed by atoms with Crippen molar-refractivity contribution in [3.05, 3.63) is 21.9 Å². The second-order valence-electron chi connectivity index (χ2n) is 4.38. The number of primary amides is 1. The first-order valence-corrected chi connectivity index (χ1v) is 6.89. The van der Waals surface area contributed by atoms with Gasteiger partial charge in [0.1, 0.15) is 0 Å². The number of nitrogens with two attached hydrogens (primary N) is 1. The van der Waals surface area contributed by atoms with Crippen LogP contribution in [0, 0.1) is 0 Å². The molecule has 2 unspecified atom stereocenters. The number of hydrogen-bond donors (Lipinski definition) is 2. The lowest BCUT2D eigenvalue weighted by molar-refractivity contribution is -0.119. The number of carbonyl (C=O) groups is 1. The Bertz CT molecular complexity index is 511. The maximum atomic E-state index is 12.2. The number of thioether (sulfide) groups is 1. The highest BCUT2D eigenvalue weighted by molar-refractivity contribution is 7.99. The fourth-order valence-electron chi connectivity index (χ4n) is 2.31. The summed E-state index contributed by atoms with van der Waals surface area (Å²) in [6.45, 7) is 1.79.